The maximum absolute atomic E-state index is 11.5. The van der Waals surface area contributed by atoms with Crippen molar-refractivity contribution in [1.82, 2.24) is 4.90 Å². The molecule has 0 radical (unpaired) electrons. The Morgan fingerprint density at radius 2 is 2.07 bits per heavy atom. The third kappa shape index (κ3) is 3.28. The van der Waals surface area contributed by atoms with Crippen LogP contribution >= 0.6 is 0 Å². The summed E-state index contributed by atoms with van der Waals surface area (Å²) in [5, 5.41) is 0. The molecule has 3 heteroatoms. The summed E-state index contributed by atoms with van der Waals surface area (Å²) < 4.78 is 5.57. The van der Waals surface area contributed by atoms with E-state index in [2.05, 4.69) is 18.7 Å². The van der Waals surface area contributed by atoms with Crippen LogP contribution in [-0.4, -0.2) is 42.5 Å². The number of ether oxygens (including phenoxy) is 1. The van der Waals surface area contributed by atoms with Gasteiger partial charge < -0.3 is 4.74 Å². The Kier molecular flexibility index (Phi) is 3.90. The summed E-state index contributed by atoms with van der Waals surface area (Å²) in [5.74, 6) is 0.258. The lowest BCUT2D eigenvalue weighted by Crippen LogP contribution is -2.51. The van der Waals surface area contributed by atoms with E-state index < -0.39 is 0 Å². The molecule has 0 aliphatic carbocycles. The van der Waals surface area contributed by atoms with Gasteiger partial charge >= 0.3 is 0 Å². The number of hydrogen-bond acceptors (Lipinski definition) is 3. The number of nitrogens with zero attached hydrogens (tertiary/aromatic N) is 1. The van der Waals surface area contributed by atoms with Gasteiger partial charge in [-0.2, -0.15) is 0 Å². The lowest BCUT2D eigenvalue weighted by Gasteiger charge is -2.40. The Morgan fingerprint density at radius 3 is 2.60 bits per heavy atom. The van der Waals surface area contributed by atoms with Gasteiger partial charge in [0, 0.05) is 24.5 Å². The zero-order chi connectivity index (χ0) is 11.6. The predicted octanol–water partition coefficient (Wildman–Crippen LogP) is 1.71. The SMILES string of the molecule is CC(=O)C(C)(C)CN1CC(C)OCC1C. The first-order valence-corrected chi connectivity index (χ1v) is 5.69. The molecule has 1 fully saturated rings. The van der Waals surface area contributed by atoms with Crippen LogP contribution in [0.1, 0.15) is 34.6 Å². The molecule has 0 amide bonds. The second-order valence-corrected chi connectivity index (χ2v) is 5.36. The lowest BCUT2D eigenvalue weighted by atomic mass is 9.87. The number of carbonyl (C=O) groups is 1. The number of hydrogen-bond donors (Lipinski definition) is 0. The second kappa shape index (κ2) is 4.62. The highest BCUT2D eigenvalue weighted by molar-refractivity contribution is 5.81. The van der Waals surface area contributed by atoms with Gasteiger partial charge in [0.1, 0.15) is 5.78 Å². The van der Waals surface area contributed by atoms with Crippen LogP contribution in [0.25, 0.3) is 0 Å². The van der Waals surface area contributed by atoms with Crippen LogP contribution in [0, 0.1) is 5.41 Å². The third-order valence-corrected chi connectivity index (χ3v) is 3.29. The van der Waals surface area contributed by atoms with Gasteiger partial charge in [-0.3, -0.25) is 9.69 Å². The minimum absolute atomic E-state index is 0.245. The first-order valence-electron chi connectivity index (χ1n) is 5.69. The number of morpholine rings is 1. The molecule has 88 valence electrons. The normalized spacial score (nSPS) is 29.1. The number of rotatable bonds is 3. The van der Waals surface area contributed by atoms with E-state index in [0.717, 1.165) is 19.7 Å². The van der Waals surface area contributed by atoms with Gasteiger partial charge in [0.25, 0.3) is 0 Å². The van der Waals surface area contributed by atoms with Crippen molar-refractivity contribution in [3.63, 3.8) is 0 Å². The first kappa shape index (κ1) is 12.7. The molecule has 1 saturated heterocycles. The zero-order valence-corrected chi connectivity index (χ0v) is 10.5. The fourth-order valence-corrected chi connectivity index (χ4v) is 1.81. The van der Waals surface area contributed by atoms with E-state index in [1.807, 2.05) is 13.8 Å². The van der Waals surface area contributed by atoms with Gasteiger partial charge in [-0.25, -0.2) is 0 Å². The van der Waals surface area contributed by atoms with Crippen molar-refractivity contribution in [3.05, 3.63) is 0 Å². The molecule has 1 heterocycles. The van der Waals surface area contributed by atoms with Crippen LogP contribution < -0.4 is 0 Å². The Bertz CT molecular complexity index is 238. The van der Waals surface area contributed by atoms with Gasteiger partial charge in [-0.15, -0.1) is 0 Å². The van der Waals surface area contributed by atoms with Crippen LogP contribution in [0.15, 0.2) is 0 Å². The summed E-state index contributed by atoms with van der Waals surface area (Å²) in [6.45, 7) is 12.5. The summed E-state index contributed by atoms with van der Waals surface area (Å²) in [4.78, 5) is 13.8. The standard InChI is InChI=1S/C12H23NO2/c1-9-7-15-10(2)6-13(9)8-12(4,5)11(3)14/h9-10H,6-8H2,1-5H3. The van der Waals surface area contributed by atoms with Gasteiger partial charge in [-0.05, 0) is 20.8 Å². The number of carbonyl (C=O) groups excluding carboxylic acids is 1. The van der Waals surface area contributed by atoms with E-state index in [-0.39, 0.29) is 17.3 Å². The molecule has 1 aliphatic rings. The summed E-state index contributed by atoms with van der Waals surface area (Å²) in [7, 11) is 0. The molecular formula is C12H23NO2. The molecule has 0 saturated carbocycles. The molecule has 1 rings (SSSR count). The van der Waals surface area contributed by atoms with Gasteiger partial charge in [0.05, 0.1) is 12.7 Å². The maximum atomic E-state index is 11.5. The third-order valence-electron chi connectivity index (χ3n) is 3.29. The minimum atomic E-state index is -0.245. The minimum Gasteiger partial charge on any atom is -0.376 e. The first-order chi connectivity index (χ1) is 6.83. The number of Topliss-reactive ketones (excluding diaryl/α,β-unsaturated/α-hetero) is 1. The van der Waals surface area contributed by atoms with E-state index in [1.54, 1.807) is 6.92 Å². The number of ketones is 1. The molecular weight excluding hydrogens is 190 g/mol. The van der Waals surface area contributed by atoms with Crippen molar-refractivity contribution >= 4 is 5.78 Å². The van der Waals surface area contributed by atoms with Crippen LogP contribution in [0.5, 0.6) is 0 Å². The van der Waals surface area contributed by atoms with Crippen LogP contribution in [0.4, 0.5) is 0 Å². The Morgan fingerprint density at radius 1 is 1.47 bits per heavy atom. The molecule has 0 N–H and O–H groups in total. The quantitative estimate of drug-likeness (QED) is 0.715. The van der Waals surface area contributed by atoms with E-state index in [4.69, 9.17) is 4.74 Å². The highest BCUT2D eigenvalue weighted by Crippen LogP contribution is 2.22. The topological polar surface area (TPSA) is 29.5 Å². The summed E-state index contributed by atoms with van der Waals surface area (Å²) in [5.41, 5.74) is -0.245. The fourth-order valence-electron chi connectivity index (χ4n) is 1.81. The fraction of sp³-hybridized carbons (Fsp3) is 0.917. The smallest absolute Gasteiger partial charge is 0.136 e. The maximum Gasteiger partial charge on any atom is 0.136 e. The average molecular weight is 213 g/mol. The molecule has 0 bridgehead atoms. The molecule has 0 aromatic carbocycles. The molecule has 0 aromatic heterocycles. The second-order valence-electron chi connectivity index (χ2n) is 5.36. The largest absolute Gasteiger partial charge is 0.376 e. The van der Waals surface area contributed by atoms with E-state index in [9.17, 15) is 4.79 Å². The monoisotopic (exact) mass is 213 g/mol. The highest BCUT2D eigenvalue weighted by Gasteiger charge is 2.31. The lowest BCUT2D eigenvalue weighted by molar-refractivity contribution is -0.128. The summed E-state index contributed by atoms with van der Waals surface area (Å²) >= 11 is 0. The van der Waals surface area contributed by atoms with E-state index >= 15 is 0 Å². The Balaban J connectivity index is 2.59. The molecule has 2 atom stereocenters. The van der Waals surface area contributed by atoms with Gasteiger partial charge in [0.15, 0.2) is 0 Å². The summed E-state index contributed by atoms with van der Waals surface area (Å²) in [6, 6.07) is 0.417. The Labute approximate surface area is 92.8 Å². The average Bonchev–Trinajstić information content (AvgIpc) is 2.10. The predicted molar refractivity (Wildman–Crippen MR) is 60.9 cm³/mol. The van der Waals surface area contributed by atoms with Crippen LogP contribution in [0.3, 0.4) is 0 Å². The molecule has 1 aliphatic heterocycles. The van der Waals surface area contributed by atoms with Crippen molar-refractivity contribution in [3.8, 4) is 0 Å². The Hall–Kier alpha value is -0.410. The summed E-state index contributed by atoms with van der Waals surface area (Å²) in [6.07, 6.45) is 0.281. The van der Waals surface area contributed by atoms with Crippen LogP contribution in [-0.2, 0) is 9.53 Å². The van der Waals surface area contributed by atoms with Crippen molar-refractivity contribution in [2.75, 3.05) is 19.7 Å². The molecule has 15 heavy (non-hydrogen) atoms. The molecule has 0 aromatic rings. The van der Waals surface area contributed by atoms with Crippen molar-refractivity contribution in [1.29, 1.82) is 0 Å². The molecule has 3 nitrogen and oxygen atoms in total. The highest BCUT2D eigenvalue weighted by atomic mass is 16.5. The zero-order valence-electron chi connectivity index (χ0n) is 10.5. The van der Waals surface area contributed by atoms with Crippen molar-refractivity contribution < 1.29 is 9.53 Å². The van der Waals surface area contributed by atoms with Crippen LogP contribution in [0.2, 0.25) is 0 Å². The van der Waals surface area contributed by atoms with Crippen molar-refractivity contribution in [2.45, 2.75) is 46.8 Å². The molecule has 2 unspecified atom stereocenters. The van der Waals surface area contributed by atoms with E-state index in [1.165, 1.54) is 0 Å². The van der Waals surface area contributed by atoms with Crippen molar-refractivity contribution in [2.24, 2.45) is 5.41 Å². The van der Waals surface area contributed by atoms with E-state index in [0.29, 0.717) is 6.04 Å². The molecule has 0 spiro atoms. The van der Waals surface area contributed by atoms with Gasteiger partial charge in [-0.1, -0.05) is 13.8 Å². The van der Waals surface area contributed by atoms with Gasteiger partial charge in [0.2, 0.25) is 0 Å².